The monoisotopic (exact) mass is 396 g/mol. The van der Waals surface area contributed by atoms with Crippen LogP contribution in [0.15, 0.2) is 24.3 Å². The number of nitrogens with one attached hydrogen (secondary N) is 3. The second kappa shape index (κ2) is 9.92. The Labute approximate surface area is 166 Å². The first-order valence-electron chi connectivity index (χ1n) is 9.34. The van der Waals surface area contributed by atoms with Crippen molar-refractivity contribution in [2.75, 3.05) is 18.5 Å². The van der Waals surface area contributed by atoms with Gasteiger partial charge in [-0.25, -0.2) is 4.79 Å². The average molecular weight is 397 g/mol. The number of hydrogen-bond donors (Lipinski definition) is 4. The molecule has 2 unspecified atom stereocenters. The molecule has 0 bridgehead atoms. The fourth-order valence-electron chi connectivity index (χ4n) is 3.12. The zero-order chi connectivity index (χ0) is 18.5. The van der Waals surface area contributed by atoms with Crippen molar-refractivity contribution in [1.29, 1.82) is 0 Å². The minimum atomic E-state index is -0.506. The van der Waals surface area contributed by atoms with Gasteiger partial charge in [0.25, 0.3) is 0 Å². The van der Waals surface area contributed by atoms with E-state index in [4.69, 9.17) is 10.5 Å². The molecule has 0 aromatic heterocycles. The molecule has 0 spiro atoms. The third-order valence-electron chi connectivity index (χ3n) is 5.02. The molecule has 7 nitrogen and oxygen atoms in total. The van der Waals surface area contributed by atoms with Gasteiger partial charge in [0.15, 0.2) is 0 Å². The maximum absolute atomic E-state index is 12.4. The summed E-state index contributed by atoms with van der Waals surface area (Å²) in [6.45, 7) is 3.27. The number of carbonyl (C=O) groups is 2. The SMILES string of the molecule is CC(NC(=O)C(N)C1CCOCC1)c1ccc(NC(=O)NC2CC2)cc1.Cl. The second-order valence-electron chi connectivity index (χ2n) is 7.20. The second-order valence-corrected chi connectivity index (χ2v) is 7.20. The van der Waals surface area contributed by atoms with E-state index in [1.54, 1.807) is 0 Å². The van der Waals surface area contributed by atoms with Crippen molar-refractivity contribution in [1.82, 2.24) is 10.6 Å². The van der Waals surface area contributed by atoms with Gasteiger partial charge < -0.3 is 26.4 Å². The zero-order valence-corrected chi connectivity index (χ0v) is 16.4. The average Bonchev–Trinajstić information content (AvgIpc) is 3.46. The quantitative estimate of drug-likeness (QED) is 0.592. The normalized spacial score (nSPS) is 19.3. The first kappa shape index (κ1) is 21.5. The summed E-state index contributed by atoms with van der Waals surface area (Å²) in [7, 11) is 0. The van der Waals surface area contributed by atoms with Gasteiger partial charge in [0, 0.05) is 24.9 Å². The van der Waals surface area contributed by atoms with E-state index in [2.05, 4.69) is 16.0 Å². The number of hydrogen-bond acceptors (Lipinski definition) is 4. The molecular formula is C19H29ClN4O3. The molecule has 150 valence electrons. The van der Waals surface area contributed by atoms with E-state index in [-0.39, 0.29) is 36.3 Å². The van der Waals surface area contributed by atoms with E-state index < -0.39 is 6.04 Å². The summed E-state index contributed by atoms with van der Waals surface area (Å²) in [4.78, 5) is 24.2. The highest BCUT2D eigenvalue weighted by Gasteiger charge is 2.27. The van der Waals surface area contributed by atoms with Crippen molar-refractivity contribution in [3.05, 3.63) is 29.8 Å². The lowest BCUT2D eigenvalue weighted by atomic mass is 9.91. The molecule has 1 saturated carbocycles. The summed E-state index contributed by atoms with van der Waals surface area (Å²) in [5.74, 6) is 0.0444. The van der Waals surface area contributed by atoms with E-state index >= 15 is 0 Å². The molecule has 1 aromatic carbocycles. The third-order valence-corrected chi connectivity index (χ3v) is 5.02. The van der Waals surface area contributed by atoms with Crippen LogP contribution in [0.2, 0.25) is 0 Å². The highest BCUT2D eigenvalue weighted by atomic mass is 35.5. The van der Waals surface area contributed by atoms with Crippen molar-refractivity contribution in [2.45, 2.75) is 50.7 Å². The Morgan fingerprint density at radius 2 is 1.74 bits per heavy atom. The van der Waals surface area contributed by atoms with Crippen LogP contribution in [0.1, 0.15) is 44.2 Å². The molecule has 2 atom stereocenters. The largest absolute Gasteiger partial charge is 0.381 e. The highest BCUT2D eigenvalue weighted by molar-refractivity contribution is 5.89. The predicted octanol–water partition coefficient (Wildman–Crippen LogP) is 2.32. The van der Waals surface area contributed by atoms with Crippen LogP contribution >= 0.6 is 12.4 Å². The number of carbonyl (C=O) groups excluding carboxylic acids is 2. The van der Waals surface area contributed by atoms with Crippen molar-refractivity contribution in [3.63, 3.8) is 0 Å². The van der Waals surface area contributed by atoms with Crippen molar-refractivity contribution < 1.29 is 14.3 Å². The molecule has 3 amide bonds. The van der Waals surface area contributed by atoms with Crippen molar-refractivity contribution >= 4 is 30.0 Å². The van der Waals surface area contributed by atoms with Crippen LogP contribution in [0, 0.1) is 5.92 Å². The van der Waals surface area contributed by atoms with Gasteiger partial charge in [0.05, 0.1) is 12.1 Å². The van der Waals surface area contributed by atoms with E-state index in [1.807, 2.05) is 31.2 Å². The van der Waals surface area contributed by atoms with E-state index in [0.29, 0.717) is 19.3 Å². The Morgan fingerprint density at radius 3 is 2.33 bits per heavy atom. The number of amides is 3. The molecule has 1 saturated heterocycles. The molecule has 0 radical (unpaired) electrons. The van der Waals surface area contributed by atoms with Gasteiger partial charge in [-0.1, -0.05) is 12.1 Å². The Hall–Kier alpha value is -1.83. The van der Waals surface area contributed by atoms with Crippen LogP contribution in [0.3, 0.4) is 0 Å². The molecule has 2 aliphatic rings. The van der Waals surface area contributed by atoms with Crippen LogP contribution in [0.4, 0.5) is 10.5 Å². The van der Waals surface area contributed by atoms with Gasteiger partial charge in [0.1, 0.15) is 0 Å². The standard InChI is InChI=1S/C19H28N4O3.ClH/c1-12(21-18(24)17(20)14-8-10-26-11-9-14)13-2-4-15(5-3-13)22-19(25)23-16-6-7-16;/h2-5,12,14,16-17H,6-11,20H2,1H3,(H,21,24)(H2,22,23,25);1H. The van der Waals surface area contributed by atoms with Gasteiger partial charge in [-0.2, -0.15) is 0 Å². The number of halogens is 1. The molecular weight excluding hydrogens is 368 g/mol. The van der Waals surface area contributed by atoms with Gasteiger partial charge in [-0.15, -0.1) is 12.4 Å². The van der Waals surface area contributed by atoms with Gasteiger partial charge in [-0.05, 0) is 56.2 Å². The lowest BCUT2D eigenvalue weighted by Crippen LogP contribution is -2.47. The molecule has 3 rings (SSSR count). The molecule has 1 aliphatic carbocycles. The molecule has 1 heterocycles. The Kier molecular flexibility index (Phi) is 7.89. The van der Waals surface area contributed by atoms with Gasteiger partial charge in [0.2, 0.25) is 5.91 Å². The number of anilines is 1. The predicted molar refractivity (Wildman–Crippen MR) is 107 cm³/mol. The first-order valence-corrected chi connectivity index (χ1v) is 9.34. The summed E-state index contributed by atoms with van der Waals surface area (Å²) in [5.41, 5.74) is 7.81. The molecule has 8 heteroatoms. The van der Waals surface area contributed by atoms with Crippen LogP contribution in [-0.2, 0) is 9.53 Å². The van der Waals surface area contributed by atoms with E-state index in [9.17, 15) is 9.59 Å². The number of benzene rings is 1. The molecule has 2 fully saturated rings. The third kappa shape index (κ3) is 6.37. The van der Waals surface area contributed by atoms with E-state index in [0.717, 1.165) is 36.9 Å². The number of rotatable bonds is 6. The van der Waals surface area contributed by atoms with E-state index in [1.165, 1.54) is 0 Å². The first-order chi connectivity index (χ1) is 12.5. The number of urea groups is 1. The Morgan fingerprint density at radius 1 is 1.11 bits per heavy atom. The summed E-state index contributed by atoms with van der Waals surface area (Å²) in [5, 5.41) is 8.68. The number of nitrogens with two attached hydrogens (primary N) is 1. The van der Waals surface area contributed by atoms with Crippen LogP contribution in [0.25, 0.3) is 0 Å². The minimum Gasteiger partial charge on any atom is -0.381 e. The fraction of sp³-hybridized carbons (Fsp3) is 0.579. The van der Waals surface area contributed by atoms with Crippen molar-refractivity contribution in [2.24, 2.45) is 11.7 Å². The highest BCUT2D eigenvalue weighted by Crippen LogP contribution is 2.21. The topological polar surface area (TPSA) is 105 Å². The maximum Gasteiger partial charge on any atom is 0.319 e. The lowest BCUT2D eigenvalue weighted by Gasteiger charge is -2.28. The fourth-order valence-corrected chi connectivity index (χ4v) is 3.12. The van der Waals surface area contributed by atoms with Crippen LogP contribution in [0.5, 0.6) is 0 Å². The molecule has 1 aliphatic heterocycles. The smallest absolute Gasteiger partial charge is 0.319 e. The summed E-state index contributed by atoms with van der Waals surface area (Å²) >= 11 is 0. The molecule has 1 aromatic rings. The van der Waals surface area contributed by atoms with Crippen LogP contribution < -0.4 is 21.7 Å². The minimum absolute atomic E-state index is 0. The summed E-state index contributed by atoms with van der Waals surface area (Å²) in [6, 6.07) is 6.96. The maximum atomic E-state index is 12.4. The van der Waals surface area contributed by atoms with Crippen molar-refractivity contribution in [3.8, 4) is 0 Å². The Bertz CT molecular complexity index is 630. The lowest BCUT2D eigenvalue weighted by molar-refractivity contribution is -0.125. The molecule has 27 heavy (non-hydrogen) atoms. The van der Waals surface area contributed by atoms with Gasteiger partial charge in [-0.3, -0.25) is 4.79 Å². The molecule has 5 N–H and O–H groups in total. The van der Waals surface area contributed by atoms with Gasteiger partial charge >= 0.3 is 6.03 Å². The number of ether oxygens (including phenoxy) is 1. The Balaban J connectivity index is 0.00000261. The summed E-state index contributed by atoms with van der Waals surface area (Å²) < 4.78 is 5.32. The van der Waals surface area contributed by atoms with Crippen LogP contribution in [-0.4, -0.2) is 37.2 Å². The summed E-state index contributed by atoms with van der Waals surface area (Å²) in [6.07, 6.45) is 3.76. The zero-order valence-electron chi connectivity index (χ0n) is 15.6.